The maximum absolute atomic E-state index is 11.3. The summed E-state index contributed by atoms with van der Waals surface area (Å²) in [5.41, 5.74) is 0. The summed E-state index contributed by atoms with van der Waals surface area (Å²) in [4.78, 5) is 32.9. The fourth-order valence-electron chi connectivity index (χ4n) is 0.982. The first-order chi connectivity index (χ1) is 8.20. The second-order valence-electron chi connectivity index (χ2n) is 3.76. The number of esters is 1. The number of hydrogen-bond donors (Lipinski definition) is 4. The van der Waals surface area contributed by atoms with Crippen molar-refractivity contribution in [3.8, 4) is 0 Å². The second-order valence-corrected chi connectivity index (χ2v) is 3.76. The molecule has 0 amide bonds. The topological polar surface area (TPSA) is 152 Å². The minimum absolute atomic E-state index is 0.793. The van der Waals surface area contributed by atoms with E-state index in [1.54, 1.807) is 0 Å². The summed E-state index contributed by atoms with van der Waals surface area (Å²) < 4.78 is 4.52. The molecule has 0 radical (unpaired) electrons. The predicted octanol–water partition coefficient (Wildman–Crippen LogP) is 0.296. The lowest BCUT2D eigenvalue weighted by Gasteiger charge is -2.26. The third-order valence-corrected chi connectivity index (χ3v) is 1.85. The zero-order chi connectivity index (χ0) is 14.4. The molecule has 0 aliphatic heterocycles. The Labute approximate surface area is 101 Å². The molecule has 10 heteroatoms. The molecule has 10 nitrogen and oxygen atoms in total. The van der Waals surface area contributed by atoms with Gasteiger partial charge in [0.2, 0.25) is 5.79 Å². The monoisotopic (exact) mass is 270 g/mol. The van der Waals surface area contributed by atoms with Crippen molar-refractivity contribution in [2.24, 2.45) is 0 Å². The van der Waals surface area contributed by atoms with E-state index < -0.39 is 36.4 Å². The molecule has 0 rings (SSSR count). The maximum Gasteiger partial charge on any atom is 0.314 e. The summed E-state index contributed by atoms with van der Waals surface area (Å²) in [6.45, 7) is 2.00. The number of ether oxygens (including phenoxy) is 1. The van der Waals surface area contributed by atoms with Gasteiger partial charge in [-0.1, -0.05) is 0 Å². The van der Waals surface area contributed by atoms with Crippen molar-refractivity contribution in [3.63, 3.8) is 0 Å². The van der Waals surface area contributed by atoms with Crippen LogP contribution in [0.15, 0.2) is 0 Å². The lowest BCUT2D eigenvalue weighted by atomic mass is 10.2. The Bertz CT molecular complexity index is 298. The third kappa shape index (κ3) is 5.35. The van der Waals surface area contributed by atoms with Crippen LogP contribution in [-0.4, -0.2) is 44.4 Å². The molecule has 1 atom stereocenters. The van der Waals surface area contributed by atoms with E-state index in [2.05, 4.69) is 19.4 Å². The van der Waals surface area contributed by atoms with Crippen molar-refractivity contribution in [2.75, 3.05) is 0 Å². The molecule has 0 spiro atoms. The molecule has 18 heavy (non-hydrogen) atoms. The van der Waals surface area contributed by atoms with Crippen LogP contribution in [0.25, 0.3) is 0 Å². The Morgan fingerprint density at radius 1 is 0.944 bits per heavy atom. The number of carbonyl (C=O) groups excluding carboxylic acids is 1. The molecule has 0 aliphatic carbocycles. The normalized spacial score (nSPS) is 14.9. The van der Waals surface area contributed by atoms with Gasteiger partial charge in [0.1, 0.15) is 12.8 Å². The molecule has 4 N–H and O–H groups in total. The Kier molecular flexibility index (Phi) is 6.11. The number of carboxylic acid groups (broad SMARTS) is 1. The molecule has 1 unspecified atom stereocenters. The van der Waals surface area contributed by atoms with Gasteiger partial charge in [0.05, 0.1) is 0 Å². The second kappa shape index (κ2) is 6.58. The van der Waals surface area contributed by atoms with Crippen LogP contribution in [-0.2, 0) is 29.0 Å². The van der Waals surface area contributed by atoms with Gasteiger partial charge in [-0.2, -0.15) is 4.89 Å². The number of aliphatic carboxylic acids is 1. The van der Waals surface area contributed by atoms with E-state index >= 15 is 0 Å². The standard InChI is InChI=1S/C8H14O10/c1-7(16-12,3-5(9)10)15-6(11)4-8(2,17-13)18-14/h12-14H,3-4H2,1-2H3,(H,9,10). The van der Waals surface area contributed by atoms with E-state index in [4.69, 9.17) is 20.9 Å². The highest BCUT2D eigenvalue weighted by molar-refractivity contribution is 5.72. The van der Waals surface area contributed by atoms with Gasteiger partial charge in [-0.25, -0.2) is 25.5 Å². The zero-order valence-electron chi connectivity index (χ0n) is 9.65. The summed E-state index contributed by atoms with van der Waals surface area (Å²) in [6, 6.07) is 0. The molecular weight excluding hydrogens is 256 g/mol. The first kappa shape index (κ1) is 16.7. The fourth-order valence-corrected chi connectivity index (χ4v) is 0.982. The number of hydrogen-bond acceptors (Lipinski definition) is 9. The summed E-state index contributed by atoms with van der Waals surface area (Å²) in [5.74, 6) is -6.75. The van der Waals surface area contributed by atoms with Gasteiger partial charge in [-0.3, -0.25) is 9.59 Å². The van der Waals surface area contributed by atoms with Crippen LogP contribution in [0.4, 0.5) is 0 Å². The maximum atomic E-state index is 11.3. The van der Waals surface area contributed by atoms with E-state index in [-0.39, 0.29) is 0 Å². The number of carboxylic acids is 1. The van der Waals surface area contributed by atoms with Crippen LogP contribution in [0.5, 0.6) is 0 Å². The van der Waals surface area contributed by atoms with Crippen molar-refractivity contribution >= 4 is 11.9 Å². The van der Waals surface area contributed by atoms with Gasteiger partial charge in [0.25, 0.3) is 5.79 Å². The van der Waals surface area contributed by atoms with Crippen LogP contribution < -0.4 is 0 Å². The lowest BCUT2D eigenvalue weighted by molar-refractivity contribution is -0.480. The number of carbonyl (C=O) groups is 2. The molecule has 0 heterocycles. The van der Waals surface area contributed by atoms with E-state index in [1.165, 1.54) is 0 Å². The van der Waals surface area contributed by atoms with Gasteiger partial charge in [0, 0.05) is 6.92 Å². The fraction of sp³-hybridized carbons (Fsp3) is 0.750. The molecule has 0 fully saturated rings. The molecule has 0 aromatic carbocycles. The molecule has 0 aromatic rings. The first-order valence-corrected chi connectivity index (χ1v) is 4.61. The van der Waals surface area contributed by atoms with E-state index in [0.717, 1.165) is 13.8 Å². The molecule has 0 saturated carbocycles. The Morgan fingerprint density at radius 3 is 1.72 bits per heavy atom. The smallest absolute Gasteiger partial charge is 0.314 e. The van der Waals surface area contributed by atoms with Crippen LogP contribution >= 0.6 is 0 Å². The van der Waals surface area contributed by atoms with Gasteiger partial charge >= 0.3 is 11.9 Å². The molecule has 0 aliphatic rings. The van der Waals surface area contributed by atoms with Gasteiger partial charge < -0.3 is 9.84 Å². The van der Waals surface area contributed by atoms with Gasteiger partial charge in [-0.15, -0.1) is 0 Å². The highest BCUT2D eigenvalue weighted by Crippen LogP contribution is 2.21. The summed E-state index contributed by atoms with van der Waals surface area (Å²) >= 11 is 0. The van der Waals surface area contributed by atoms with Crippen LogP contribution in [0.3, 0.4) is 0 Å². The molecule has 106 valence electrons. The van der Waals surface area contributed by atoms with Gasteiger partial charge in [0.15, 0.2) is 0 Å². The lowest BCUT2D eigenvalue weighted by Crippen LogP contribution is -2.40. The molecule has 0 aromatic heterocycles. The first-order valence-electron chi connectivity index (χ1n) is 4.61. The molecule has 0 saturated heterocycles. The molecule has 0 bridgehead atoms. The molecular formula is C8H14O10. The Balaban J connectivity index is 4.58. The summed E-state index contributed by atoms with van der Waals surface area (Å²) in [6.07, 6.45) is -1.62. The predicted molar refractivity (Wildman–Crippen MR) is 50.9 cm³/mol. The number of rotatable bonds is 8. The quantitative estimate of drug-likeness (QED) is 0.209. The van der Waals surface area contributed by atoms with Gasteiger partial charge in [-0.05, 0) is 6.92 Å². The van der Waals surface area contributed by atoms with E-state index in [9.17, 15) is 9.59 Å². The highest BCUT2D eigenvalue weighted by atomic mass is 17.2. The van der Waals surface area contributed by atoms with Crippen molar-refractivity contribution in [1.29, 1.82) is 0 Å². The average Bonchev–Trinajstić information content (AvgIpc) is 2.27. The zero-order valence-corrected chi connectivity index (χ0v) is 9.65. The van der Waals surface area contributed by atoms with Crippen molar-refractivity contribution in [2.45, 2.75) is 38.3 Å². The Hall–Kier alpha value is -1.30. The SMILES string of the molecule is CC(CC(=O)OC(C)(CC(=O)O)OO)(OO)OO. The minimum Gasteiger partial charge on any atom is -0.481 e. The van der Waals surface area contributed by atoms with Crippen LogP contribution in [0, 0.1) is 0 Å². The third-order valence-electron chi connectivity index (χ3n) is 1.85. The largest absolute Gasteiger partial charge is 0.481 e. The summed E-state index contributed by atoms with van der Waals surface area (Å²) in [5, 5.41) is 33.7. The highest BCUT2D eigenvalue weighted by Gasteiger charge is 2.38. The van der Waals surface area contributed by atoms with Crippen molar-refractivity contribution in [3.05, 3.63) is 0 Å². The van der Waals surface area contributed by atoms with E-state index in [1.807, 2.05) is 0 Å². The van der Waals surface area contributed by atoms with Crippen LogP contribution in [0.1, 0.15) is 26.7 Å². The van der Waals surface area contributed by atoms with Crippen LogP contribution in [0.2, 0.25) is 0 Å². The van der Waals surface area contributed by atoms with Crippen molar-refractivity contribution < 1.29 is 49.9 Å². The Morgan fingerprint density at radius 2 is 1.39 bits per heavy atom. The van der Waals surface area contributed by atoms with Crippen molar-refractivity contribution in [1.82, 2.24) is 0 Å². The van der Waals surface area contributed by atoms with E-state index in [0.29, 0.717) is 0 Å². The minimum atomic E-state index is -2.12. The summed E-state index contributed by atoms with van der Waals surface area (Å²) in [7, 11) is 0. The average molecular weight is 270 g/mol.